The molecule has 22 heavy (non-hydrogen) atoms. The van der Waals surface area contributed by atoms with Gasteiger partial charge in [0.25, 0.3) is 5.91 Å². The lowest BCUT2D eigenvalue weighted by Gasteiger charge is -2.33. The van der Waals surface area contributed by atoms with E-state index in [9.17, 15) is 4.79 Å². The van der Waals surface area contributed by atoms with Gasteiger partial charge in [0.1, 0.15) is 11.8 Å². The van der Waals surface area contributed by atoms with E-state index in [1.807, 2.05) is 6.07 Å². The van der Waals surface area contributed by atoms with Crippen molar-refractivity contribution in [1.29, 1.82) is 0 Å². The molecule has 1 saturated heterocycles. The summed E-state index contributed by atoms with van der Waals surface area (Å²) in [5.74, 6) is -0.198. The smallest absolute Gasteiger partial charge is 0.273 e. The third-order valence-corrected chi connectivity index (χ3v) is 4.50. The number of benzene rings is 1. The molecule has 8 heteroatoms. The van der Waals surface area contributed by atoms with Gasteiger partial charge in [-0.1, -0.05) is 40.9 Å². The van der Waals surface area contributed by atoms with Crippen LogP contribution in [0.4, 0.5) is 0 Å². The van der Waals surface area contributed by atoms with Crippen LogP contribution in [0.2, 0.25) is 15.1 Å². The molecule has 116 valence electrons. The number of hydrogen-bond acceptors (Lipinski definition) is 3. The van der Waals surface area contributed by atoms with Gasteiger partial charge in [0.2, 0.25) is 0 Å². The molecule has 1 amide bonds. The lowest BCUT2D eigenvalue weighted by molar-refractivity contribution is -0.0230. The first-order valence-corrected chi connectivity index (χ1v) is 7.74. The van der Waals surface area contributed by atoms with Gasteiger partial charge in [-0.3, -0.25) is 9.89 Å². The molecule has 0 radical (unpaired) electrons. The van der Waals surface area contributed by atoms with E-state index in [4.69, 9.17) is 39.5 Å². The Morgan fingerprint density at radius 2 is 2.09 bits per heavy atom. The van der Waals surface area contributed by atoms with Crippen LogP contribution in [-0.4, -0.2) is 40.7 Å². The SMILES string of the molecule is O=C(c1[nH]ncc1Cl)N1CCO[C@@H](c2ccc(Cl)c(Cl)c2)C1. The maximum Gasteiger partial charge on any atom is 0.273 e. The maximum absolute atomic E-state index is 12.4. The van der Waals surface area contributed by atoms with Gasteiger partial charge in [-0.05, 0) is 17.7 Å². The monoisotopic (exact) mass is 359 g/mol. The van der Waals surface area contributed by atoms with Crippen LogP contribution in [0.5, 0.6) is 0 Å². The van der Waals surface area contributed by atoms with E-state index in [2.05, 4.69) is 10.2 Å². The van der Waals surface area contributed by atoms with Gasteiger partial charge in [-0.2, -0.15) is 5.10 Å². The number of aromatic nitrogens is 2. The third kappa shape index (κ3) is 3.08. The van der Waals surface area contributed by atoms with Crippen molar-refractivity contribution in [3.63, 3.8) is 0 Å². The Labute approximate surface area is 142 Å². The molecule has 3 rings (SSSR count). The molecular formula is C14H12Cl3N3O2. The summed E-state index contributed by atoms with van der Waals surface area (Å²) in [5, 5.41) is 7.64. The number of hydrogen-bond donors (Lipinski definition) is 1. The van der Waals surface area contributed by atoms with Crippen molar-refractivity contribution in [2.45, 2.75) is 6.10 Å². The summed E-state index contributed by atoms with van der Waals surface area (Å²) in [4.78, 5) is 14.1. The molecule has 2 aromatic rings. The minimum atomic E-state index is -0.255. The fraction of sp³-hybridized carbons (Fsp3) is 0.286. The Hall–Kier alpha value is -1.27. The molecule has 0 bridgehead atoms. The van der Waals surface area contributed by atoms with Gasteiger partial charge >= 0.3 is 0 Å². The van der Waals surface area contributed by atoms with E-state index in [1.54, 1.807) is 17.0 Å². The molecule has 1 aromatic heterocycles. The average molecular weight is 361 g/mol. The summed E-state index contributed by atoms with van der Waals surface area (Å²) in [6.07, 6.45) is 1.15. The van der Waals surface area contributed by atoms with Crippen molar-refractivity contribution in [3.05, 3.63) is 50.7 Å². The zero-order valence-electron chi connectivity index (χ0n) is 11.4. The van der Waals surface area contributed by atoms with E-state index in [-0.39, 0.29) is 17.7 Å². The van der Waals surface area contributed by atoms with Crippen LogP contribution in [-0.2, 0) is 4.74 Å². The number of H-pyrrole nitrogens is 1. The zero-order chi connectivity index (χ0) is 15.7. The minimum absolute atomic E-state index is 0.198. The minimum Gasteiger partial charge on any atom is -0.370 e. The lowest BCUT2D eigenvalue weighted by Crippen LogP contribution is -2.42. The van der Waals surface area contributed by atoms with Gasteiger partial charge in [0, 0.05) is 6.54 Å². The molecule has 1 aliphatic heterocycles. The largest absolute Gasteiger partial charge is 0.370 e. The van der Waals surface area contributed by atoms with Crippen molar-refractivity contribution in [1.82, 2.24) is 15.1 Å². The van der Waals surface area contributed by atoms with E-state index >= 15 is 0 Å². The molecule has 1 aromatic carbocycles. The molecular weight excluding hydrogens is 349 g/mol. The normalized spacial score (nSPS) is 18.5. The summed E-state index contributed by atoms with van der Waals surface area (Å²) in [7, 11) is 0. The van der Waals surface area contributed by atoms with Gasteiger partial charge in [0.05, 0.1) is 34.4 Å². The number of nitrogens with zero attached hydrogens (tertiary/aromatic N) is 2. The molecule has 0 aliphatic carbocycles. The van der Waals surface area contributed by atoms with Crippen LogP contribution >= 0.6 is 34.8 Å². The highest BCUT2D eigenvalue weighted by Crippen LogP contribution is 2.29. The van der Waals surface area contributed by atoms with Gasteiger partial charge in [-0.15, -0.1) is 0 Å². The highest BCUT2D eigenvalue weighted by molar-refractivity contribution is 6.42. The first-order chi connectivity index (χ1) is 10.6. The number of rotatable bonds is 2. The molecule has 0 spiro atoms. The molecule has 0 saturated carbocycles. The Morgan fingerprint density at radius 3 is 2.77 bits per heavy atom. The van der Waals surface area contributed by atoms with Crippen molar-refractivity contribution in [2.75, 3.05) is 19.7 Å². The summed E-state index contributed by atoms with van der Waals surface area (Å²) in [6, 6.07) is 5.32. The zero-order valence-corrected chi connectivity index (χ0v) is 13.6. The second kappa shape index (κ2) is 6.46. The highest BCUT2D eigenvalue weighted by Gasteiger charge is 2.28. The maximum atomic E-state index is 12.4. The van der Waals surface area contributed by atoms with E-state index in [0.29, 0.717) is 34.8 Å². The Morgan fingerprint density at radius 1 is 1.27 bits per heavy atom. The first-order valence-electron chi connectivity index (χ1n) is 6.61. The first kappa shape index (κ1) is 15.6. The number of halogens is 3. The fourth-order valence-corrected chi connectivity index (χ4v) is 2.81. The number of morpholine rings is 1. The number of nitrogens with one attached hydrogen (secondary N) is 1. The van der Waals surface area contributed by atoms with Crippen molar-refractivity contribution in [3.8, 4) is 0 Å². The summed E-state index contributed by atoms with van der Waals surface area (Å²) >= 11 is 17.9. The average Bonchev–Trinajstić information content (AvgIpc) is 2.95. The number of aromatic amines is 1. The molecule has 1 N–H and O–H groups in total. The van der Waals surface area contributed by atoms with Crippen LogP contribution in [0.1, 0.15) is 22.2 Å². The summed E-state index contributed by atoms with van der Waals surface area (Å²) < 4.78 is 5.73. The topological polar surface area (TPSA) is 58.2 Å². The predicted octanol–water partition coefficient (Wildman–Crippen LogP) is 3.58. The number of amides is 1. The lowest BCUT2D eigenvalue weighted by atomic mass is 10.1. The molecule has 5 nitrogen and oxygen atoms in total. The Balaban J connectivity index is 1.78. The van der Waals surface area contributed by atoms with Crippen LogP contribution in [0, 0.1) is 0 Å². The van der Waals surface area contributed by atoms with E-state index in [0.717, 1.165) is 5.56 Å². The Bertz CT molecular complexity index is 704. The van der Waals surface area contributed by atoms with Crippen LogP contribution in [0.3, 0.4) is 0 Å². The van der Waals surface area contributed by atoms with Crippen molar-refractivity contribution < 1.29 is 9.53 Å². The molecule has 1 fully saturated rings. The van der Waals surface area contributed by atoms with Crippen LogP contribution in [0.25, 0.3) is 0 Å². The predicted molar refractivity (Wildman–Crippen MR) is 84.7 cm³/mol. The second-order valence-corrected chi connectivity index (χ2v) is 6.10. The number of ether oxygens (including phenoxy) is 1. The summed E-state index contributed by atoms with van der Waals surface area (Å²) in [6.45, 7) is 1.33. The fourth-order valence-electron chi connectivity index (χ4n) is 2.33. The second-order valence-electron chi connectivity index (χ2n) is 4.88. The van der Waals surface area contributed by atoms with E-state index < -0.39 is 0 Å². The van der Waals surface area contributed by atoms with Crippen molar-refractivity contribution in [2.24, 2.45) is 0 Å². The third-order valence-electron chi connectivity index (χ3n) is 3.48. The molecule has 2 heterocycles. The van der Waals surface area contributed by atoms with E-state index in [1.165, 1.54) is 6.20 Å². The standard InChI is InChI=1S/C14H12Cl3N3O2/c15-9-2-1-8(5-10(9)16)12-7-20(3-4-22-12)14(21)13-11(17)6-18-19-13/h1-2,5-6,12H,3-4,7H2,(H,18,19)/t12-/m1/s1. The van der Waals surface area contributed by atoms with Gasteiger partial charge < -0.3 is 9.64 Å². The molecule has 1 atom stereocenters. The molecule has 0 unspecified atom stereocenters. The van der Waals surface area contributed by atoms with Crippen LogP contribution < -0.4 is 0 Å². The van der Waals surface area contributed by atoms with Gasteiger partial charge in [-0.25, -0.2) is 0 Å². The highest BCUT2D eigenvalue weighted by atomic mass is 35.5. The molecule has 1 aliphatic rings. The summed E-state index contributed by atoms with van der Waals surface area (Å²) in [5.41, 5.74) is 1.17. The Kier molecular flexibility index (Phi) is 4.59. The van der Waals surface area contributed by atoms with Gasteiger partial charge in [0.15, 0.2) is 0 Å². The quantitative estimate of drug-likeness (QED) is 0.890. The number of carbonyl (C=O) groups excluding carboxylic acids is 1. The number of carbonyl (C=O) groups is 1. The van der Waals surface area contributed by atoms with Crippen LogP contribution in [0.15, 0.2) is 24.4 Å². The van der Waals surface area contributed by atoms with Crippen molar-refractivity contribution >= 4 is 40.7 Å².